The van der Waals surface area contributed by atoms with Gasteiger partial charge in [-0.25, -0.2) is 13.2 Å². The van der Waals surface area contributed by atoms with Crippen LogP contribution >= 0.6 is 0 Å². The molecule has 0 bridgehead atoms. The van der Waals surface area contributed by atoms with Crippen LogP contribution in [0.25, 0.3) is 11.1 Å². The Morgan fingerprint density at radius 2 is 1.59 bits per heavy atom. The zero-order valence-electron chi connectivity index (χ0n) is 16.0. The number of ether oxygens (including phenoxy) is 1. The summed E-state index contributed by atoms with van der Waals surface area (Å²) in [6.45, 7) is 3.90. The molecule has 6 nitrogen and oxygen atoms in total. The van der Waals surface area contributed by atoms with Gasteiger partial charge in [0.15, 0.2) is 0 Å². The van der Waals surface area contributed by atoms with E-state index < -0.39 is 16.0 Å². The summed E-state index contributed by atoms with van der Waals surface area (Å²) < 4.78 is 33.6. The molecule has 2 N–H and O–H groups in total. The molecule has 150 valence electrons. The number of carboxylic acids is 1. The molecule has 0 amide bonds. The average molecular weight is 411 g/mol. The van der Waals surface area contributed by atoms with Crippen molar-refractivity contribution < 1.29 is 23.1 Å². The summed E-state index contributed by atoms with van der Waals surface area (Å²) >= 11 is 0. The van der Waals surface area contributed by atoms with Crippen molar-refractivity contribution >= 4 is 21.7 Å². The number of carbonyl (C=O) groups is 1. The van der Waals surface area contributed by atoms with Gasteiger partial charge in [-0.3, -0.25) is 4.72 Å². The Kier molecular flexibility index (Phi) is 5.89. The number of hydrogen-bond acceptors (Lipinski definition) is 4. The van der Waals surface area contributed by atoms with Crippen LogP contribution in [0.1, 0.15) is 24.2 Å². The van der Waals surface area contributed by atoms with Gasteiger partial charge in [-0.15, -0.1) is 0 Å². The fourth-order valence-corrected chi connectivity index (χ4v) is 3.84. The minimum absolute atomic E-state index is 0.0740. The van der Waals surface area contributed by atoms with Crippen LogP contribution in [0.5, 0.6) is 5.75 Å². The van der Waals surface area contributed by atoms with Crippen LogP contribution in [-0.2, 0) is 10.0 Å². The number of aromatic carboxylic acids is 1. The normalized spacial score (nSPS) is 11.3. The second-order valence-corrected chi connectivity index (χ2v) is 8.39. The molecule has 0 radical (unpaired) electrons. The highest BCUT2D eigenvalue weighted by Crippen LogP contribution is 2.26. The van der Waals surface area contributed by atoms with E-state index in [0.717, 1.165) is 16.9 Å². The van der Waals surface area contributed by atoms with Gasteiger partial charge in [0.05, 0.1) is 16.6 Å². The lowest BCUT2D eigenvalue weighted by Gasteiger charge is -2.11. The van der Waals surface area contributed by atoms with E-state index in [1.807, 2.05) is 44.2 Å². The van der Waals surface area contributed by atoms with Crippen LogP contribution in [0.3, 0.4) is 0 Å². The molecule has 0 aromatic heterocycles. The van der Waals surface area contributed by atoms with E-state index in [0.29, 0.717) is 0 Å². The van der Waals surface area contributed by atoms with Crippen molar-refractivity contribution in [3.63, 3.8) is 0 Å². The van der Waals surface area contributed by atoms with Gasteiger partial charge in [0.25, 0.3) is 10.0 Å². The minimum atomic E-state index is -3.82. The zero-order chi connectivity index (χ0) is 21.0. The molecule has 0 atom stereocenters. The zero-order valence-corrected chi connectivity index (χ0v) is 16.8. The number of carboxylic acid groups (broad SMARTS) is 1. The lowest BCUT2D eigenvalue weighted by molar-refractivity contribution is 0.0697. The second-order valence-electron chi connectivity index (χ2n) is 6.71. The molecule has 7 heteroatoms. The summed E-state index contributed by atoms with van der Waals surface area (Å²) in [6.07, 6.45) is 0.0740. The number of benzene rings is 3. The highest BCUT2D eigenvalue weighted by Gasteiger charge is 2.15. The third kappa shape index (κ3) is 5.14. The van der Waals surface area contributed by atoms with Gasteiger partial charge >= 0.3 is 5.97 Å². The van der Waals surface area contributed by atoms with Crippen molar-refractivity contribution in [1.82, 2.24) is 0 Å². The maximum absolute atomic E-state index is 12.7. The lowest BCUT2D eigenvalue weighted by Crippen LogP contribution is -2.13. The number of nitrogens with one attached hydrogen (secondary N) is 1. The SMILES string of the molecule is CC(C)Oc1ccc(-c2cccc(S(=O)(=O)Nc3ccc(C(=O)O)cc3)c2)cc1. The van der Waals surface area contributed by atoms with Crippen molar-refractivity contribution in [1.29, 1.82) is 0 Å². The highest BCUT2D eigenvalue weighted by molar-refractivity contribution is 7.92. The smallest absolute Gasteiger partial charge is 0.335 e. The summed E-state index contributed by atoms with van der Waals surface area (Å²) in [5, 5.41) is 8.94. The maximum atomic E-state index is 12.7. The third-order valence-corrected chi connectivity index (χ3v) is 5.47. The van der Waals surface area contributed by atoms with Gasteiger partial charge in [-0.1, -0.05) is 24.3 Å². The molecular weight excluding hydrogens is 390 g/mol. The van der Waals surface area contributed by atoms with E-state index in [-0.39, 0.29) is 22.3 Å². The molecule has 0 saturated heterocycles. The summed E-state index contributed by atoms with van der Waals surface area (Å²) in [5.41, 5.74) is 1.99. The fraction of sp³-hybridized carbons (Fsp3) is 0.136. The van der Waals surface area contributed by atoms with E-state index in [2.05, 4.69) is 4.72 Å². The van der Waals surface area contributed by atoms with E-state index >= 15 is 0 Å². The molecule has 0 aliphatic rings. The van der Waals surface area contributed by atoms with Gasteiger partial charge in [-0.05, 0) is 73.5 Å². The van der Waals surface area contributed by atoms with Gasteiger partial charge < -0.3 is 9.84 Å². The van der Waals surface area contributed by atoms with Crippen LogP contribution in [0.15, 0.2) is 77.7 Å². The molecular formula is C22H21NO5S. The summed E-state index contributed by atoms with van der Waals surface area (Å²) in [4.78, 5) is 11.0. The molecule has 3 rings (SSSR count). The maximum Gasteiger partial charge on any atom is 0.335 e. The molecule has 29 heavy (non-hydrogen) atoms. The Morgan fingerprint density at radius 3 is 2.17 bits per heavy atom. The average Bonchev–Trinajstić information content (AvgIpc) is 2.68. The monoisotopic (exact) mass is 411 g/mol. The molecule has 0 saturated carbocycles. The Labute approximate surface area is 169 Å². The predicted octanol–water partition coefficient (Wildman–Crippen LogP) is 4.64. The first-order valence-electron chi connectivity index (χ1n) is 8.98. The fourth-order valence-electron chi connectivity index (χ4n) is 2.74. The van der Waals surface area contributed by atoms with Gasteiger partial charge in [-0.2, -0.15) is 0 Å². The first-order chi connectivity index (χ1) is 13.7. The molecule has 0 unspecified atom stereocenters. The minimum Gasteiger partial charge on any atom is -0.491 e. The summed E-state index contributed by atoms with van der Waals surface area (Å²) in [7, 11) is -3.82. The van der Waals surface area contributed by atoms with Crippen molar-refractivity contribution in [2.75, 3.05) is 4.72 Å². The number of hydrogen-bond donors (Lipinski definition) is 2. The van der Waals surface area contributed by atoms with E-state index in [1.165, 1.54) is 30.3 Å². The molecule has 0 aliphatic heterocycles. The first-order valence-corrected chi connectivity index (χ1v) is 10.5. The summed E-state index contributed by atoms with van der Waals surface area (Å²) in [5.74, 6) is -0.323. The van der Waals surface area contributed by atoms with E-state index in [9.17, 15) is 13.2 Å². The Hall–Kier alpha value is -3.32. The van der Waals surface area contributed by atoms with E-state index in [4.69, 9.17) is 9.84 Å². The molecule has 0 fully saturated rings. The van der Waals surface area contributed by atoms with Crippen LogP contribution in [-0.4, -0.2) is 25.6 Å². The largest absolute Gasteiger partial charge is 0.491 e. The molecule has 0 aliphatic carbocycles. The van der Waals surface area contributed by atoms with Gasteiger partial charge in [0.1, 0.15) is 5.75 Å². The third-order valence-electron chi connectivity index (χ3n) is 4.09. The molecule has 0 heterocycles. The van der Waals surface area contributed by atoms with Gasteiger partial charge in [0.2, 0.25) is 0 Å². The quantitative estimate of drug-likeness (QED) is 0.591. The van der Waals surface area contributed by atoms with Crippen LogP contribution < -0.4 is 9.46 Å². The number of anilines is 1. The number of sulfonamides is 1. The topological polar surface area (TPSA) is 92.7 Å². The Balaban J connectivity index is 1.83. The Morgan fingerprint density at radius 1 is 0.931 bits per heavy atom. The van der Waals surface area contributed by atoms with Crippen molar-refractivity contribution in [3.05, 3.63) is 78.4 Å². The standard InChI is InChI=1S/C22H21NO5S/c1-15(2)28-20-12-8-16(9-13-20)18-4-3-5-21(14-18)29(26,27)23-19-10-6-17(7-11-19)22(24)25/h3-15,23H,1-2H3,(H,24,25). The van der Waals surface area contributed by atoms with Gasteiger partial charge in [0, 0.05) is 5.69 Å². The van der Waals surface area contributed by atoms with Crippen molar-refractivity contribution in [2.45, 2.75) is 24.8 Å². The highest BCUT2D eigenvalue weighted by atomic mass is 32.2. The second kappa shape index (κ2) is 8.36. The lowest BCUT2D eigenvalue weighted by atomic mass is 10.1. The van der Waals surface area contributed by atoms with E-state index in [1.54, 1.807) is 12.1 Å². The first kappa shape index (κ1) is 20.4. The van der Waals surface area contributed by atoms with Crippen LogP contribution in [0.4, 0.5) is 5.69 Å². The Bertz CT molecular complexity index is 1100. The van der Waals surface area contributed by atoms with Crippen molar-refractivity contribution in [2.24, 2.45) is 0 Å². The summed E-state index contributed by atoms with van der Waals surface area (Å²) in [6, 6.07) is 19.6. The van der Waals surface area contributed by atoms with Crippen LogP contribution in [0, 0.1) is 0 Å². The predicted molar refractivity (Wildman–Crippen MR) is 112 cm³/mol. The van der Waals surface area contributed by atoms with Crippen molar-refractivity contribution in [3.8, 4) is 16.9 Å². The molecule has 3 aromatic rings. The number of rotatable bonds is 7. The molecule has 3 aromatic carbocycles. The van der Waals surface area contributed by atoms with Crippen LogP contribution in [0.2, 0.25) is 0 Å². The molecule has 0 spiro atoms.